The maximum Gasteiger partial charge on any atom is 0.372 e. The van der Waals surface area contributed by atoms with E-state index in [0.717, 1.165) is 38.5 Å². The molecule has 0 spiro atoms. The molecule has 0 unspecified atom stereocenters. The van der Waals surface area contributed by atoms with Crippen molar-refractivity contribution in [1.29, 1.82) is 0 Å². The van der Waals surface area contributed by atoms with Gasteiger partial charge in [0.15, 0.2) is 0 Å². The van der Waals surface area contributed by atoms with Crippen LogP contribution in [0.2, 0.25) is 0 Å². The summed E-state index contributed by atoms with van der Waals surface area (Å²) >= 11 is 0. The lowest BCUT2D eigenvalue weighted by atomic mass is 9.95. The Hall–Kier alpha value is -1.78. The first-order valence-corrected chi connectivity index (χ1v) is 9.35. The molecule has 25 heavy (non-hydrogen) atoms. The topological polar surface area (TPSA) is 87.7 Å². The second kappa shape index (κ2) is 10.3. The first kappa shape index (κ1) is 21.3. The highest BCUT2D eigenvalue weighted by Gasteiger charge is 2.27. The van der Waals surface area contributed by atoms with Crippen LogP contribution in [-0.2, 0) is 12.8 Å². The highest BCUT2D eigenvalue weighted by atomic mass is 16.4. The number of unbranched alkanes of at least 4 members (excludes halogenated alkanes) is 2. The van der Waals surface area contributed by atoms with Crippen LogP contribution in [-0.4, -0.2) is 22.2 Å². The Balaban J connectivity index is 2.94. The smallest absolute Gasteiger partial charge is 0.372 e. The third-order valence-corrected chi connectivity index (χ3v) is 4.42. The van der Waals surface area contributed by atoms with Crippen LogP contribution in [0, 0.1) is 11.8 Å². The van der Waals surface area contributed by atoms with Gasteiger partial charge in [-0.25, -0.2) is 9.59 Å². The molecule has 1 heterocycles. The lowest BCUT2D eigenvalue weighted by Gasteiger charge is -2.08. The molecule has 0 saturated carbocycles. The van der Waals surface area contributed by atoms with E-state index in [1.165, 1.54) is 0 Å². The quantitative estimate of drug-likeness (QED) is 0.491. The summed E-state index contributed by atoms with van der Waals surface area (Å²) in [5.41, 5.74) is 1.16. The fourth-order valence-corrected chi connectivity index (χ4v) is 3.08. The summed E-state index contributed by atoms with van der Waals surface area (Å²) in [7, 11) is 0. The lowest BCUT2D eigenvalue weighted by Crippen LogP contribution is -2.04. The van der Waals surface area contributed by atoms with Gasteiger partial charge in [-0.1, -0.05) is 53.4 Å². The van der Waals surface area contributed by atoms with E-state index in [-0.39, 0.29) is 11.5 Å². The molecule has 0 bridgehead atoms. The summed E-state index contributed by atoms with van der Waals surface area (Å²) in [4.78, 5) is 23.0. The van der Waals surface area contributed by atoms with Crippen molar-refractivity contribution in [3.8, 4) is 0 Å². The number of hydrogen-bond donors (Lipinski definition) is 2. The average molecular weight is 352 g/mol. The molecule has 0 radical (unpaired) electrons. The minimum absolute atomic E-state index is 0.194. The van der Waals surface area contributed by atoms with E-state index in [4.69, 9.17) is 4.42 Å². The van der Waals surface area contributed by atoms with Crippen LogP contribution in [0.3, 0.4) is 0 Å². The van der Waals surface area contributed by atoms with E-state index >= 15 is 0 Å². The number of carboxylic acids is 2. The van der Waals surface area contributed by atoms with Crippen LogP contribution < -0.4 is 0 Å². The number of rotatable bonds is 12. The molecule has 0 saturated heterocycles. The van der Waals surface area contributed by atoms with Gasteiger partial charge >= 0.3 is 11.9 Å². The molecule has 142 valence electrons. The molecule has 1 aromatic heterocycles. The minimum Gasteiger partial charge on any atom is -0.475 e. The third kappa shape index (κ3) is 6.92. The second-order valence-corrected chi connectivity index (χ2v) is 7.61. The Kier molecular flexibility index (Phi) is 8.73. The normalized spacial score (nSPS) is 11.4. The van der Waals surface area contributed by atoms with Crippen LogP contribution in [0.25, 0.3) is 0 Å². The van der Waals surface area contributed by atoms with Gasteiger partial charge in [0.25, 0.3) is 0 Å². The third-order valence-electron chi connectivity index (χ3n) is 4.42. The summed E-state index contributed by atoms with van der Waals surface area (Å²) in [6.45, 7) is 8.62. The predicted octanol–water partition coefficient (Wildman–Crippen LogP) is 5.41. The van der Waals surface area contributed by atoms with Crippen molar-refractivity contribution in [3.63, 3.8) is 0 Å². The molecule has 0 aliphatic rings. The van der Waals surface area contributed by atoms with Crippen LogP contribution >= 0.6 is 0 Å². The van der Waals surface area contributed by atoms with E-state index in [2.05, 4.69) is 27.7 Å². The summed E-state index contributed by atoms with van der Waals surface area (Å²) in [5.74, 6) is -1.55. The first-order valence-electron chi connectivity index (χ1n) is 9.35. The van der Waals surface area contributed by atoms with Gasteiger partial charge in [-0.3, -0.25) is 0 Å². The van der Waals surface area contributed by atoms with Gasteiger partial charge in [-0.05, 0) is 37.5 Å². The number of carboxylic acid groups (broad SMARTS) is 2. The molecule has 1 rings (SSSR count). The van der Waals surface area contributed by atoms with Crippen molar-refractivity contribution in [3.05, 3.63) is 22.6 Å². The molecule has 0 fully saturated rings. The molecule has 2 N–H and O–H groups in total. The lowest BCUT2D eigenvalue weighted by molar-refractivity contribution is 0.0630. The average Bonchev–Trinajstić information content (AvgIpc) is 2.86. The predicted molar refractivity (Wildman–Crippen MR) is 97.4 cm³/mol. The van der Waals surface area contributed by atoms with Gasteiger partial charge in [0, 0.05) is 11.1 Å². The first-order chi connectivity index (χ1) is 11.7. The van der Waals surface area contributed by atoms with Gasteiger partial charge in [0.1, 0.15) is 0 Å². The van der Waals surface area contributed by atoms with E-state index in [0.29, 0.717) is 35.8 Å². The monoisotopic (exact) mass is 352 g/mol. The van der Waals surface area contributed by atoms with Gasteiger partial charge in [0.05, 0.1) is 0 Å². The van der Waals surface area contributed by atoms with E-state index in [9.17, 15) is 19.8 Å². The minimum atomic E-state index is -1.19. The van der Waals surface area contributed by atoms with Gasteiger partial charge < -0.3 is 14.6 Å². The molecule has 0 aromatic carbocycles. The fourth-order valence-electron chi connectivity index (χ4n) is 3.08. The zero-order valence-electron chi connectivity index (χ0n) is 15.9. The highest BCUT2D eigenvalue weighted by molar-refractivity contribution is 5.92. The molecule has 0 atom stereocenters. The van der Waals surface area contributed by atoms with Gasteiger partial charge in [-0.2, -0.15) is 0 Å². The molecular formula is C20H32O5. The molecule has 1 aromatic rings. The number of carbonyl (C=O) groups is 2. The Bertz CT molecular complexity index is 520. The van der Waals surface area contributed by atoms with E-state index in [1.54, 1.807) is 0 Å². The summed E-state index contributed by atoms with van der Waals surface area (Å²) in [6, 6.07) is 0. The summed E-state index contributed by atoms with van der Waals surface area (Å²) in [6.07, 6.45) is 6.96. The Morgan fingerprint density at radius 1 is 0.760 bits per heavy atom. The van der Waals surface area contributed by atoms with Crippen molar-refractivity contribution in [1.82, 2.24) is 0 Å². The van der Waals surface area contributed by atoms with Crippen LogP contribution in [0.5, 0.6) is 0 Å². The van der Waals surface area contributed by atoms with Crippen molar-refractivity contribution >= 4 is 11.9 Å². The zero-order chi connectivity index (χ0) is 19.0. The van der Waals surface area contributed by atoms with Gasteiger partial charge in [-0.15, -0.1) is 0 Å². The largest absolute Gasteiger partial charge is 0.475 e. The summed E-state index contributed by atoms with van der Waals surface area (Å²) < 4.78 is 5.23. The van der Waals surface area contributed by atoms with Gasteiger partial charge in [0.2, 0.25) is 11.5 Å². The molecule has 0 amide bonds. The number of aromatic carboxylic acids is 2. The van der Waals surface area contributed by atoms with E-state index < -0.39 is 11.9 Å². The molecular weight excluding hydrogens is 320 g/mol. The molecule has 5 nitrogen and oxygen atoms in total. The van der Waals surface area contributed by atoms with Crippen LogP contribution in [0.15, 0.2) is 4.42 Å². The van der Waals surface area contributed by atoms with Crippen LogP contribution in [0.1, 0.15) is 98.5 Å². The SMILES string of the molecule is CC(C)CCCCc1c(C(=O)O)oc(C(=O)O)c1CCCCC(C)C. The maximum absolute atomic E-state index is 11.5. The fraction of sp³-hybridized carbons (Fsp3) is 0.700. The Morgan fingerprint density at radius 3 is 1.40 bits per heavy atom. The highest BCUT2D eigenvalue weighted by Crippen LogP contribution is 2.28. The standard InChI is InChI=1S/C20H32O5/c1-13(2)9-5-7-11-15-16(12-8-6-10-14(3)4)18(20(23)24)25-17(15)19(21)22/h13-14H,5-12H2,1-4H3,(H,21,22)(H,23,24). The number of furan rings is 1. The number of hydrogen-bond acceptors (Lipinski definition) is 3. The molecule has 5 heteroatoms. The van der Waals surface area contributed by atoms with Crippen LogP contribution in [0.4, 0.5) is 0 Å². The van der Waals surface area contributed by atoms with Crippen molar-refractivity contribution in [2.24, 2.45) is 11.8 Å². The Labute approximate surface area is 150 Å². The zero-order valence-corrected chi connectivity index (χ0v) is 15.9. The summed E-state index contributed by atoms with van der Waals surface area (Å²) in [5, 5.41) is 18.8. The van der Waals surface area contributed by atoms with E-state index in [1.807, 2.05) is 0 Å². The van der Waals surface area contributed by atoms with Crippen molar-refractivity contribution in [2.45, 2.75) is 79.1 Å². The second-order valence-electron chi connectivity index (χ2n) is 7.61. The van der Waals surface area contributed by atoms with Crippen molar-refractivity contribution in [2.75, 3.05) is 0 Å². The molecule has 0 aliphatic carbocycles. The van der Waals surface area contributed by atoms with Crippen molar-refractivity contribution < 1.29 is 24.2 Å². The Morgan fingerprint density at radius 2 is 1.12 bits per heavy atom. The molecule has 0 aliphatic heterocycles. The maximum atomic E-state index is 11.5.